The third-order valence-corrected chi connectivity index (χ3v) is 2.18. The molecule has 0 fully saturated rings. The van der Waals surface area contributed by atoms with Gasteiger partial charge in [-0.05, 0) is 6.92 Å². The van der Waals surface area contributed by atoms with Crippen LogP contribution in [0.2, 0.25) is 0 Å². The summed E-state index contributed by atoms with van der Waals surface area (Å²) >= 11 is 0. The molecule has 0 saturated carbocycles. The monoisotopic (exact) mass is 241 g/mol. The Kier molecular flexibility index (Phi) is 3.70. The van der Waals surface area contributed by atoms with Gasteiger partial charge in [0, 0.05) is 5.56 Å². The summed E-state index contributed by atoms with van der Waals surface area (Å²) in [7, 11) is 0. The Morgan fingerprint density at radius 3 is 2.56 bits per heavy atom. The van der Waals surface area contributed by atoms with Crippen molar-refractivity contribution in [1.29, 1.82) is 0 Å². The van der Waals surface area contributed by atoms with E-state index in [-0.39, 0.29) is 5.78 Å². The number of benzene rings is 1. The van der Waals surface area contributed by atoms with Crippen molar-refractivity contribution in [3.63, 3.8) is 0 Å². The first-order chi connectivity index (χ1) is 8.77. The van der Waals surface area contributed by atoms with E-state index in [0.29, 0.717) is 11.2 Å². The Labute approximate surface area is 103 Å². The summed E-state index contributed by atoms with van der Waals surface area (Å²) in [5.74, 6) is 0.121. The fourth-order valence-electron chi connectivity index (χ4n) is 1.28. The maximum atomic E-state index is 10.6. The van der Waals surface area contributed by atoms with Crippen LogP contribution in [0.5, 0.6) is 0 Å². The molecule has 1 aromatic carbocycles. The number of fused-ring (bicyclic) bond motifs is 1. The largest absolute Gasteiger partial charge is 0.295 e. The Hall–Kier alpha value is -2.63. The molecule has 0 aliphatic carbocycles. The van der Waals surface area contributed by atoms with Crippen LogP contribution in [-0.2, 0) is 0 Å². The second-order valence-corrected chi connectivity index (χ2v) is 3.48. The van der Waals surface area contributed by atoms with Gasteiger partial charge in [-0.15, -0.1) is 5.10 Å². The topological polar surface area (TPSA) is 84.4 Å². The third kappa shape index (κ3) is 2.94. The van der Waals surface area contributed by atoms with E-state index < -0.39 is 0 Å². The normalized spacial score (nSPS) is 9.61. The lowest BCUT2D eigenvalue weighted by Crippen LogP contribution is -1.88. The number of ketones is 1. The van der Waals surface area contributed by atoms with Crippen molar-refractivity contribution < 1.29 is 4.79 Å². The molecule has 0 amide bonds. The summed E-state index contributed by atoms with van der Waals surface area (Å²) in [6.07, 6.45) is 3.04. The molecule has 3 rings (SSSR count). The molecule has 3 aromatic rings. The zero-order chi connectivity index (χ0) is 12.8. The Balaban J connectivity index is 0.000000134. The first-order valence-electron chi connectivity index (χ1n) is 5.30. The summed E-state index contributed by atoms with van der Waals surface area (Å²) < 4.78 is 0. The zero-order valence-corrected chi connectivity index (χ0v) is 9.74. The maximum absolute atomic E-state index is 10.6. The lowest BCUT2D eigenvalue weighted by molar-refractivity contribution is 0.101. The molecule has 6 heteroatoms. The molecule has 0 atom stereocenters. The SMILES string of the molecule is CC(=O)c1ccccc1.c1ncc2n[nH]nc2n1. The number of aromatic nitrogens is 5. The predicted molar refractivity (Wildman–Crippen MR) is 65.9 cm³/mol. The average molecular weight is 241 g/mol. The third-order valence-electron chi connectivity index (χ3n) is 2.18. The predicted octanol–water partition coefficient (Wildman–Crippen LogP) is 1.64. The van der Waals surface area contributed by atoms with Gasteiger partial charge in [0.1, 0.15) is 11.8 Å². The van der Waals surface area contributed by atoms with E-state index >= 15 is 0 Å². The number of nitrogens with zero attached hydrogens (tertiary/aromatic N) is 4. The van der Waals surface area contributed by atoms with Crippen molar-refractivity contribution in [2.24, 2.45) is 0 Å². The first kappa shape index (κ1) is 11.8. The van der Waals surface area contributed by atoms with Crippen molar-refractivity contribution in [2.75, 3.05) is 0 Å². The summed E-state index contributed by atoms with van der Waals surface area (Å²) in [6.45, 7) is 1.56. The van der Waals surface area contributed by atoms with Crippen molar-refractivity contribution >= 4 is 16.9 Å². The van der Waals surface area contributed by atoms with Crippen LogP contribution in [0.4, 0.5) is 0 Å². The van der Waals surface area contributed by atoms with Gasteiger partial charge < -0.3 is 0 Å². The van der Waals surface area contributed by atoms with E-state index in [0.717, 1.165) is 5.56 Å². The van der Waals surface area contributed by atoms with Gasteiger partial charge in [0.25, 0.3) is 0 Å². The lowest BCUT2D eigenvalue weighted by atomic mass is 10.2. The molecule has 0 unspecified atom stereocenters. The number of aromatic amines is 1. The molecule has 2 aromatic heterocycles. The number of Topliss-reactive ketones (excluding diaryl/α,β-unsaturated/α-hetero) is 1. The molecule has 18 heavy (non-hydrogen) atoms. The second-order valence-electron chi connectivity index (χ2n) is 3.48. The van der Waals surface area contributed by atoms with E-state index in [9.17, 15) is 4.79 Å². The van der Waals surface area contributed by atoms with E-state index in [1.807, 2.05) is 30.3 Å². The fourth-order valence-corrected chi connectivity index (χ4v) is 1.28. The lowest BCUT2D eigenvalue weighted by Gasteiger charge is -1.89. The molecule has 0 aliphatic heterocycles. The first-order valence-corrected chi connectivity index (χ1v) is 5.30. The van der Waals surface area contributed by atoms with Gasteiger partial charge in [-0.25, -0.2) is 9.97 Å². The van der Waals surface area contributed by atoms with Gasteiger partial charge in [-0.1, -0.05) is 30.3 Å². The highest BCUT2D eigenvalue weighted by Gasteiger charge is 1.93. The van der Waals surface area contributed by atoms with Crippen LogP contribution in [0.15, 0.2) is 42.9 Å². The van der Waals surface area contributed by atoms with Gasteiger partial charge in [-0.3, -0.25) is 4.79 Å². The van der Waals surface area contributed by atoms with Crippen molar-refractivity contribution in [3.8, 4) is 0 Å². The minimum absolute atomic E-state index is 0.121. The highest BCUT2D eigenvalue weighted by molar-refractivity contribution is 5.93. The number of hydrogen-bond acceptors (Lipinski definition) is 5. The van der Waals surface area contributed by atoms with Gasteiger partial charge >= 0.3 is 0 Å². The second kappa shape index (κ2) is 5.62. The van der Waals surface area contributed by atoms with Crippen LogP contribution in [0.1, 0.15) is 17.3 Å². The number of H-pyrrole nitrogens is 1. The number of carbonyl (C=O) groups excluding carboxylic acids is 1. The molecule has 1 N–H and O–H groups in total. The molecule has 0 aliphatic rings. The van der Waals surface area contributed by atoms with Gasteiger partial charge in [0.2, 0.25) is 5.65 Å². The minimum atomic E-state index is 0.121. The average Bonchev–Trinajstić information content (AvgIpc) is 2.89. The summed E-state index contributed by atoms with van der Waals surface area (Å²) in [5, 5.41) is 9.92. The molecular weight excluding hydrogens is 230 g/mol. The number of nitrogens with one attached hydrogen (secondary N) is 1. The van der Waals surface area contributed by atoms with Crippen molar-refractivity contribution in [1.82, 2.24) is 25.4 Å². The fraction of sp³-hybridized carbons (Fsp3) is 0.0833. The minimum Gasteiger partial charge on any atom is -0.295 e. The molecule has 90 valence electrons. The van der Waals surface area contributed by atoms with Crippen LogP contribution < -0.4 is 0 Å². The smallest absolute Gasteiger partial charge is 0.204 e. The van der Waals surface area contributed by atoms with E-state index in [2.05, 4.69) is 25.4 Å². The number of hydrogen-bond donors (Lipinski definition) is 1. The van der Waals surface area contributed by atoms with E-state index in [1.54, 1.807) is 13.1 Å². The van der Waals surface area contributed by atoms with Crippen LogP contribution in [0, 0.1) is 0 Å². The molecule has 0 radical (unpaired) electrons. The summed E-state index contributed by atoms with van der Waals surface area (Å²) in [5.41, 5.74) is 2.07. The highest BCUT2D eigenvalue weighted by atomic mass is 16.1. The standard InChI is InChI=1S/C8H8O.C4H3N5/c1-7(9)8-5-3-2-4-6-8;1-3-4(6-2-5-1)8-9-7-3/h2-6H,1H3;1-2H,(H,5,6,7,8,9). The molecule has 0 spiro atoms. The van der Waals surface area contributed by atoms with Crippen LogP contribution in [0.25, 0.3) is 11.2 Å². The number of rotatable bonds is 1. The molecule has 0 saturated heterocycles. The van der Waals surface area contributed by atoms with E-state index in [1.165, 1.54) is 6.33 Å². The maximum Gasteiger partial charge on any atom is 0.204 e. The van der Waals surface area contributed by atoms with E-state index in [4.69, 9.17) is 0 Å². The van der Waals surface area contributed by atoms with Crippen molar-refractivity contribution in [2.45, 2.75) is 6.92 Å². The molecule has 2 heterocycles. The van der Waals surface area contributed by atoms with Gasteiger partial charge in [-0.2, -0.15) is 10.3 Å². The zero-order valence-electron chi connectivity index (χ0n) is 9.74. The molecule has 0 bridgehead atoms. The van der Waals surface area contributed by atoms with Crippen LogP contribution in [-0.4, -0.2) is 31.2 Å². The van der Waals surface area contributed by atoms with Crippen LogP contribution in [0.3, 0.4) is 0 Å². The Bertz CT molecular complexity index is 605. The highest BCUT2D eigenvalue weighted by Crippen LogP contribution is 1.98. The van der Waals surface area contributed by atoms with Gasteiger partial charge in [0.05, 0.1) is 6.20 Å². The van der Waals surface area contributed by atoms with Gasteiger partial charge in [0.15, 0.2) is 5.78 Å². The van der Waals surface area contributed by atoms with Crippen LogP contribution >= 0.6 is 0 Å². The summed E-state index contributed by atoms with van der Waals surface area (Å²) in [4.78, 5) is 18.2. The summed E-state index contributed by atoms with van der Waals surface area (Å²) in [6, 6.07) is 9.23. The Morgan fingerprint density at radius 1 is 1.17 bits per heavy atom. The molecular formula is C12H11N5O. The molecule has 6 nitrogen and oxygen atoms in total. The number of carbonyl (C=O) groups is 1. The quantitative estimate of drug-likeness (QED) is 0.654. The van der Waals surface area contributed by atoms with Crippen molar-refractivity contribution in [3.05, 3.63) is 48.4 Å². The Morgan fingerprint density at radius 2 is 1.94 bits per heavy atom.